The third-order valence-corrected chi connectivity index (χ3v) is 2.83. The second-order valence-electron chi connectivity index (χ2n) is 5.00. The minimum absolute atomic E-state index is 0.0388. The Morgan fingerprint density at radius 1 is 1.41 bits per heavy atom. The number of carbonyl (C=O) groups excluding carboxylic acids is 1. The summed E-state index contributed by atoms with van der Waals surface area (Å²) in [6, 6.07) is 0.0388. The molecule has 17 heavy (non-hydrogen) atoms. The van der Waals surface area contributed by atoms with Crippen LogP contribution < -0.4 is 11.1 Å². The number of carbonyl (C=O) groups is 1. The van der Waals surface area contributed by atoms with Crippen molar-refractivity contribution in [3.63, 3.8) is 0 Å². The topological polar surface area (TPSA) is 107 Å². The number of hydrogen-bond acceptors (Lipinski definition) is 5. The molecule has 1 rings (SSSR count). The Balaban J connectivity index is 2.33. The van der Waals surface area contributed by atoms with Gasteiger partial charge in [-0.25, -0.2) is 0 Å². The van der Waals surface area contributed by atoms with Gasteiger partial charge in [-0.1, -0.05) is 0 Å². The summed E-state index contributed by atoms with van der Waals surface area (Å²) in [5.74, 6) is -0.198. The predicted molar refractivity (Wildman–Crippen MR) is 60.5 cm³/mol. The number of nitrogens with zero attached hydrogens (tertiary/aromatic N) is 1. The van der Waals surface area contributed by atoms with Gasteiger partial charge in [-0.15, -0.1) is 10.1 Å². The van der Waals surface area contributed by atoms with Gasteiger partial charge in [0.2, 0.25) is 5.91 Å². The van der Waals surface area contributed by atoms with E-state index < -0.39 is 10.6 Å². The monoisotopic (exact) mass is 245 g/mol. The van der Waals surface area contributed by atoms with Gasteiger partial charge in [0.1, 0.15) is 6.10 Å². The number of nitrogens with two attached hydrogens (primary N) is 1. The molecular formula is C10H19N3O4. The molecule has 0 radical (unpaired) electrons. The Bertz CT molecular complexity index is 292. The first kappa shape index (κ1) is 13.7. The molecule has 3 N–H and O–H groups in total. The highest BCUT2D eigenvalue weighted by Crippen LogP contribution is 2.21. The number of amides is 1. The molecular weight excluding hydrogens is 226 g/mol. The van der Waals surface area contributed by atoms with Crippen molar-refractivity contribution in [2.24, 2.45) is 5.73 Å². The van der Waals surface area contributed by atoms with Crippen LogP contribution in [0.25, 0.3) is 0 Å². The van der Waals surface area contributed by atoms with Crippen LogP contribution in [0.15, 0.2) is 0 Å². The van der Waals surface area contributed by atoms with Gasteiger partial charge in [0.05, 0.1) is 5.54 Å². The van der Waals surface area contributed by atoms with E-state index in [9.17, 15) is 14.9 Å². The lowest BCUT2D eigenvalue weighted by Gasteiger charge is -2.29. The molecule has 1 aliphatic carbocycles. The third-order valence-electron chi connectivity index (χ3n) is 2.83. The highest BCUT2D eigenvalue weighted by Gasteiger charge is 2.28. The zero-order valence-electron chi connectivity index (χ0n) is 10.1. The van der Waals surface area contributed by atoms with E-state index in [0.29, 0.717) is 25.7 Å². The second-order valence-corrected chi connectivity index (χ2v) is 5.00. The molecule has 7 nitrogen and oxygen atoms in total. The van der Waals surface area contributed by atoms with Crippen LogP contribution in [-0.2, 0) is 9.63 Å². The summed E-state index contributed by atoms with van der Waals surface area (Å²) in [7, 11) is 0. The molecule has 1 saturated carbocycles. The summed E-state index contributed by atoms with van der Waals surface area (Å²) in [4.78, 5) is 26.3. The Morgan fingerprint density at radius 3 is 2.35 bits per heavy atom. The molecule has 7 heteroatoms. The van der Waals surface area contributed by atoms with Crippen LogP contribution in [0.2, 0.25) is 0 Å². The summed E-state index contributed by atoms with van der Waals surface area (Å²) in [5.41, 5.74) is 4.77. The largest absolute Gasteiger partial charge is 0.352 e. The van der Waals surface area contributed by atoms with Crippen molar-refractivity contribution in [3.05, 3.63) is 10.1 Å². The van der Waals surface area contributed by atoms with Gasteiger partial charge in [-0.05, 0) is 39.5 Å². The van der Waals surface area contributed by atoms with Crippen LogP contribution in [0.4, 0.5) is 0 Å². The van der Waals surface area contributed by atoms with Gasteiger partial charge in [-0.2, -0.15) is 0 Å². The highest BCUT2D eigenvalue weighted by atomic mass is 17.0. The number of rotatable bonds is 4. The van der Waals surface area contributed by atoms with Crippen molar-refractivity contribution in [2.45, 2.75) is 57.2 Å². The van der Waals surface area contributed by atoms with Crippen LogP contribution in [0.1, 0.15) is 39.5 Å². The van der Waals surface area contributed by atoms with Crippen molar-refractivity contribution in [1.29, 1.82) is 0 Å². The van der Waals surface area contributed by atoms with Crippen molar-refractivity contribution >= 4 is 5.91 Å². The van der Waals surface area contributed by atoms with Crippen molar-refractivity contribution < 1.29 is 14.7 Å². The predicted octanol–water partition coefficient (Wildman–Crippen LogP) is 0.359. The van der Waals surface area contributed by atoms with Gasteiger partial charge in [0.15, 0.2) is 0 Å². The smallest absolute Gasteiger partial charge is 0.294 e. The molecule has 0 heterocycles. The molecule has 98 valence electrons. The molecule has 0 bridgehead atoms. The normalized spacial score (nSPS) is 25.1. The Morgan fingerprint density at radius 2 is 1.94 bits per heavy atom. The van der Waals surface area contributed by atoms with Gasteiger partial charge in [0, 0.05) is 6.04 Å². The molecule has 0 saturated heterocycles. The lowest BCUT2D eigenvalue weighted by molar-refractivity contribution is -0.769. The van der Waals surface area contributed by atoms with Crippen LogP contribution >= 0.6 is 0 Å². The standard InChI is InChI=1S/C10H19N3O4/c1-10(2,11)9(14)12-7-3-5-8(6-4-7)17-13(15)16/h7-8H,3-6,11H2,1-2H3,(H,12,14). The fourth-order valence-electron chi connectivity index (χ4n) is 1.81. The Hall–Kier alpha value is -1.37. The third kappa shape index (κ3) is 4.56. The molecule has 0 unspecified atom stereocenters. The number of nitrogens with one attached hydrogen (secondary N) is 1. The van der Waals surface area contributed by atoms with Gasteiger partial charge < -0.3 is 15.9 Å². The van der Waals surface area contributed by atoms with Crippen molar-refractivity contribution in [1.82, 2.24) is 5.32 Å². The lowest BCUT2D eigenvalue weighted by atomic mass is 9.92. The van der Waals surface area contributed by atoms with E-state index in [0.717, 1.165) is 0 Å². The van der Waals surface area contributed by atoms with E-state index in [1.54, 1.807) is 13.8 Å². The van der Waals surface area contributed by atoms with Crippen LogP contribution in [-0.4, -0.2) is 28.7 Å². The maximum absolute atomic E-state index is 11.6. The van der Waals surface area contributed by atoms with Gasteiger partial charge in [-0.3, -0.25) is 4.79 Å². The zero-order chi connectivity index (χ0) is 13.1. The quantitative estimate of drug-likeness (QED) is 0.549. The summed E-state index contributed by atoms with van der Waals surface area (Å²) < 4.78 is 0. The van der Waals surface area contributed by atoms with Crippen molar-refractivity contribution in [2.75, 3.05) is 0 Å². The fraction of sp³-hybridized carbons (Fsp3) is 0.900. The first-order valence-corrected chi connectivity index (χ1v) is 5.70. The molecule has 1 fully saturated rings. The first-order valence-electron chi connectivity index (χ1n) is 5.70. The summed E-state index contributed by atoms with van der Waals surface area (Å²) in [6.45, 7) is 3.29. The fourth-order valence-corrected chi connectivity index (χ4v) is 1.81. The molecule has 1 amide bonds. The maximum Gasteiger partial charge on any atom is 0.294 e. The second kappa shape index (κ2) is 5.31. The molecule has 0 aromatic carbocycles. The SMILES string of the molecule is CC(C)(N)C(=O)NC1CCC(O[N+](=O)[O-])CC1. The van der Waals surface area contributed by atoms with Crippen LogP contribution in [0, 0.1) is 10.1 Å². The maximum atomic E-state index is 11.6. The van der Waals surface area contributed by atoms with Crippen molar-refractivity contribution in [3.8, 4) is 0 Å². The molecule has 0 aromatic heterocycles. The van der Waals surface area contributed by atoms with Crippen LogP contribution in [0.5, 0.6) is 0 Å². The minimum Gasteiger partial charge on any atom is -0.352 e. The van der Waals surface area contributed by atoms with Gasteiger partial charge >= 0.3 is 0 Å². The number of hydrogen-bond donors (Lipinski definition) is 2. The van der Waals surface area contributed by atoms with E-state index in [4.69, 9.17) is 5.73 Å². The molecule has 0 spiro atoms. The zero-order valence-corrected chi connectivity index (χ0v) is 10.1. The summed E-state index contributed by atoms with van der Waals surface area (Å²) in [5, 5.41) is 12.2. The Kier molecular flexibility index (Phi) is 4.28. The molecule has 1 aliphatic rings. The lowest BCUT2D eigenvalue weighted by Crippen LogP contribution is -2.53. The van der Waals surface area contributed by atoms with E-state index in [-0.39, 0.29) is 18.1 Å². The van der Waals surface area contributed by atoms with E-state index >= 15 is 0 Å². The average Bonchev–Trinajstić information content (AvgIpc) is 2.18. The first-order chi connectivity index (χ1) is 7.79. The summed E-state index contributed by atoms with van der Waals surface area (Å²) in [6.07, 6.45) is 2.18. The van der Waals surface area contributed by atoms with Gasteiger partial charge in [0.25, 0.3) is 5.09 Å². The van der Waals surface area contributed by atoms with E-state index in [2.05, 4.69) is 10.2 Å². The minimum atomic E-state index is -0.895. The molecule has 0 atom stereocenters. The molecule has 0 aliphatic heterocycles. The Labute approximate surface area is 99.8 Å². The summed E-state index contributed by atoms with van der Waals surface area (Å²) >= 11 is 0. The average molecular weight is 245 g/mol. The molecule has 0 aromatic rings. The van der Waals surface area contributed by atoms with E-state index in [1.807, 2.05) is 0 Å². The van der Waals surface area contributed by atoms with Crippen LogP contribution in [0.3, 0.4) is 0 Å². The highest BCUT2D eigenvalue weighted by molar-refractivity contribution is 5.85. The van der Waals surface area contributed by atoms with E-state index in [1.165, 1.54) is 0 Å².